The number of carbonyl (C=O) groups excluding carboxylic acids is 1. The van der Waals surface area contributed by atoms with Gasteiger partial charge in [0.25, 0.3) is 11.5 Å². The summed E-state index contributed by atoms with van der Waals surface area (Å²) in [7, 11) is 1.82. The molecular formula is C19H19N5O2S. The van der Waals surface area contributed by atoms with Gasteiger partial charge in [-0.1, -0.05) is 12.0 Å². The minimum atomic E-state index is -0.597. The van der Waals surface area contributed by atoms with Gasteiger partial charge in [0.05, 0.1) is 6.54 Å². The molecule has 0 fully saturated rings. The van der Waals surface area contributed by atoms with Crippen LogP contribution in [0.4, 0.5) is 11.4 Å². The Morgan fingerprint density at radius 1 is 1.41 bits per heavy atom. The molecule has 27 heavy (non-hydrogen) atoms. The lowest BCUT2D eigenvalue weighted by Crippen LogP contribution is -2.34. The highest BCUT2D eigenvalue weighted by atomic mass is 32.1. The second kappa shape index (κ2) is 9.27. The Balaban J connectivity index is 2.53. The van der Waals surface area contributed by atoms with Gasteiger partial charge in [0.2, 0.25) is 0 Å². The lowest BCUT2D eigenvalue weighted by Gasteiger charge is -2.03. The Morgan fingerprint density at radius 2 is 2.15 bits per heavy atom. The molecule has 2 rings (SSSR count). The number of rotatable bonds is 6. The molecule has 1 aromatic heterocycles. The number of nitrogens with one attached hydrogen (secondary N) is 3. The van der Waals surface area contributed by atoms with E-state index in [1.807, 2.05) is 37.4 Å². The second-order valence-electron chi connectivity index (χ2n) is 5.31. The van der Waals surface area contributed by atoms with Crippen LogP contribution in [-0.4, -0.2) is 24.1 Å². The molecule has 0 aliphatic heterocycles. The molecule has 8 heteroatoms. The zero-order chi connectivity index (χ0) is 19.8. The van der Waals surface area contributed by atoms with Gasteiger partial charge in [-0.15, -0.1) is 17.8 Å². The summed E-state index contributed by atoms with van der Waals surface area (Å²) in [5, 5.41) is 18.0. The van der Waals surface area contributed by atoms with Gasteiger partial charge in [-0.3, -0.25) is 14.2 Å². The fourth-order valence-electron chi connectivity index (χ4n) is 2.32. The number of nitriles is 1. The third-order valence-electron chi connectivity index (χ3n) is 3.65. The minimum absolute atomic E-state index is 0.00802. The molecule has 0 unspecified atom stereocenters. The van der Waals surface area contributed by atoms with Crippen molar-refractivity contribution in [1.82, 2.24) is 9.88 Å². The summed E-state index contributed by atoms with van der Waals surface area (Å²) in [6.45, 7) is 2.12. The number of hydrogen-bond acceptors (Lipinski definition) is 6. The number of nitrogens with zero attached hydrogens (tertiary/aromatic N) is 2. The summed E-state index contributed by atoms with van der Waals surface area (Å²) >= 11 is 1.08. The van der Waals surface area contributed by atoms with Crippen LogP contribution >= 0.6 is 11.3 Å². The molecule has 1 aromatic carbocycles. The molecule has 138 valence electrons. The molecule has 1 heterocycles. The zero-order valence-electron chi connectivity index (χ0n) is 15.0. The molecule has 0 atom stereocenters. The van der Waals surface area contributed by atoms with Crippen molar-refractivity contribution in [1.29, 1.82) is 5.26 Å². The predicted octanol–water partition coefficient (Wildman–Crippen LogP) is 0.245. The Hall–Kier alpha value is -3.49. The number of aromatic nitrogens is 1. The molecule has 2 aromatic rings. The lowest BCUT2D eigenvalue weighted by molar-refractivity contribution is -0.115. The first kappa shape index (κ1) is 19.8. The third-order valence-corrected chi connectivity index (χ3v) is 4.78. The number of benzene rings is 1. The Labute approximate surface area is 160 Å². The van der Waals surface area contributed by atoms with Gasteiger partial charge in [0.1, 0.15) is 15.3 Å². The van der Waals surface area contributed by atoms with Gasteiger partial charge >= 0.3 is 0 Å². The van der Waals surface area contributed by atoms with Crippen LogP contribution in [0.2, 0.25) is 0 Å². The molecule has 0 bridgehead atoms. The highest BCUT2D eigenvalue weighted by Gasteiger charge is 2.14. The number of hydrogen-bond donors (Lipinski definition) is 3. The Morgan fingerprint density at radius 3 is 2.78 bits per heavy atom. The first-order valence-electron chi connectivity index (χ1n) is 8.16. The molecule has 7 nitrogen and oxygen atoms in total. The van der Waals surface area contributed by atoms with Crippen LogP contribution in [0.3, 0.4) is 0 Å². The minimum Gasteiger partial charge on any atom is -0.388 e. The van der Waals surface area contributed by atoms with E-state index in [1.165, 1.54) is 4.57 Å². The molecule has 0 saturated carbocycles. The Kier molecular flexibility index (Phi) is 6.81. The van der Waals surface area contributed by atoms with E-state index >= 15 is 0 Å². The molecule has 0 spiro atoms. The topological polar surface area (TPSA) is 99.0 Å². The monoisotopic (exact) mass is 381 g/mol. The summed E-state index contributed by atoms with van der Waals surface area (Å²) < 4.78 is 2.09. The van der Waals surface area contributed by atoms with Crippen molar-refractivity contribution in [2.24, 2.45) is 0 Å². The number of carbonyl (C=O) groups is 1. The smallest absolute Gasteiger partial charge is 0.270 e. The first-order valence-corrected chi connectivity index (χ1v) is 8.97. The fraction of sp³-hybridized carbons (Fsp3) is 0.211. The predicted molar refractivity (Wildman–Crippen MR) is 108 cm³/mol. The van der Waals surface area contributed by atoms with E-state index in [0.717, 1.165) is 22.7 Å². The summed E-state index contributed by atoms with van der Waals surface area (Å²) in [6, 6.07) is 9.43. The SMILES string of the molecule is C#CCNC(=O)/C(C#N)=c1\s/c(=C/Nc2cccc(NC)c2)c(=O)n1CC. The second-order valence-corrected chi connectivity index (χ2v) is 6.34. The maximum Gasteiger partial charge on any atom is 0.270 e. The van der Waals surface area contributed by atoms with E-state index in [4.69, 9.17) is 6.42 Å². The van der Waals surface area contributed by atoms with E-state index in [1.54, 1.807) is 13.1 Å². The molecule has 3 N–H and O–H groups in total. The van der Waals surface area contributed by atoms with Crippen molar-refractivity contribution >= 4 is 40.4 Å². The van der Waals surface area contributed by atoms with Gasteiger partial charge < -0.3 is 16.0 Å². The van der Waals surface area contributed by atoms with Crippen molar-refractivity contribution in [2.45, 2.75) is 13.5 Å². The van der Waals surface area contributed by atoms with Gasteiger partial charge in [-0.05, 0) is 25.1 Å². The largest absolute Gasteiger partial charge is 0.388 e. The van der Waals surface area contributed by atoms with Crippen LogP contribution in [0.1, 0.15) is 6.92 Å². The van der Waals surface area contributed by atoms with Crippen LogP contribution in [-0.2, 0) is 11.3 Å². The summed E-state index contributed by atoms with van der Waals surface area (Å²) in [6.07, 6.45) is 6.70. The van der Waals surface area contributed by atoms with Crippen LogP contribution < -0.4 is 30.7 Å². The van der Waals surface area contributed by atoms with Crippen LogP contribution in [0.15, 0.2) is 29.1 Å². The van der Waals surface area contributed by atoms with E-state index < -0.39 is 5.91 Å². The summed E-state index contributed by atoms with van der Waals surface area (Å²) in [4.78, 5) is 24.8. The molecular weight excluding hydrogens is 362 g/mol. The third kappa shape index (κ3) is 4.57. The Bertz CT molecular complexity index is 1100. The van der Waals surface area contributed by atoms with Crippen LogP contribution in [0.25, 0.3) is 11.8 Å². The van der Waals surface area contributed by atoms with Crippen molar-refractivity contribution < 1.29 is 4.79 Å². The molecule has 0 radical (unpaired) electrons. The highest BCUT2D eigenvalue weighted by molar-refractivity contribution is 7.07. The van der Waals surface area contributed by atoms with E-state index in [-0.39, 0.29) is 17.7 Å². The van der Waals surface area contributed by atoms with Gasteiger partial charge in [-0.25, -0.2) is 0 Å². The maximum absolute atomic E-state index is 12.6. The standard InChI is InChI=1S/C19H19N5O2S/c1-4-9-22-17(25)15(11-20)19-24(5-2)18(26)16(27-19)12-23-14-8-6-7-13(10-14)21-3/h1,6-8,10,12,21,23H,5,9H2,2-3H3,(H,22,25)/b16-12+,19-15-. The van der Waals surface area contributed by atoms with Gasteiger partial charge in [0.15, 0.2) is 5.57 Å². The quantitative estimate of drug-likeness (QED) is 0.623. The zero-order valence-corrected chi connectivity index (χ0v) is 15.8. The fourth-order valence-corrected chi connectivity index (χ4v) is 3.41. The van der Waals surface area contributed by atoms with Crippen molar-refractivity contribution in [3.05, 3.63) is 43.8 Å². The maximum atomic E-state index is 12.6. The van der Waals surface area contributed by atoms with Gasteiger partial charge in [0, 0.05) is 31.2 Å². The average molecular weight is 381 g/mol. The first-order chi connectivity index (χ1) is 13.0. The summed E-state index contributed by atoms with van der Waals surface area (Å²) in [5.74, 6) is 1.68. The van der Waals surface area contributed by atoms with Crippen molar-refractivity contribution in [3.63, 3.8) is 0 Å². The number of thiazole rings is 1. The molecule has 0 saturated heterocycles. The molecule has 1 amide bonds. The van der Waals surface area contributed by atoms with Crippen molar-refractivity contribution in [3.8, 4) is 18.4 Å². The molecule has 0 aliphatic carbocycles. The number of terminal acetylenes is 1. The lowest BCUT2D eigenvalue weighted by atomic mass is 10.3. The molecule has 0 aliphatic rings. The average Bonchev–Trinajstić information content (AvgIpc) is 3.00. The van der Waals surface area contributed by atoms with Crippen molar-refractivity contribution in [2.75, 3.05) is 24.2 Å². The normalized spacial score (nSPS) is 11.9. The van der Waals surface area contributed by atoms with Gasteiger partial charge in [-0.2, -0.15) is 5.26 Å². The van der Waals surface area contributed by atoms with E-state index in [0.29, 0.717) is 15.7 Å². The number of anilines is 2. The number of amides is 1. The van der Waals surface area contributed by atoms with Crippen LogP contribution in [0, 0.1) is 23.7 Å². The van der Waals surface area contributed by atoms with E-state index in [9.17, 15) is 14.9 Å². The summed E-state index contributed by atoms with van der Waals surface area (Å²) in [5.41, 5.74) is 1.32. The van der Waals surface area contributed by atoms with Crippen LogP contribution in [0.5, 0.6) is 0 Å². The highest BCUT2D eigenvalue weighted by Crippen LogP contribution is 2.13. The van der Waals surface area contributed by atoms with E-state index in [2.05, 4.69) is 21.9 Å².